The van der Waals surface area contributed by atoms with Crippen LogP contribution in [0.1, 0.15) is 44.3 Å². The lowest BCUT2D eigenvalue weighted by Crippen LogP contribution is -2.35. The van der Waals surface area contributed by atoms with Crippen LogP contribution in [0.25, 0.3) is 0 Å². The quantitative estimate of drug-likeness (QED) is 0.680. The van der Waals surface area contributed by atoms with Gasteiger partial charge < -0.3 is 4.74 Å². The Morgan fingerprint density at radius 1 is 1.32 bits per heavy atom. The molecule has 0 saturated heterocycles. The number of rotatable bonds is 4. The molecular formula is C14H22N2O2S. The first kappa shape index (κ1) is 15.7. The number of aliphatic imine (C=N–C) groups is 1. The molecule has 4 nitrogen and oxygen atoms in total. The summed E-state index contributed by atoms with van der Waals surface area (Å²) in [5, 5.41) is 4.60. The molecule has 0 aliphatic heterocycles. The summed E-state index contributed by atoms with van der Waals surface area (Å²) >= 11 is 1.39. The average molecular weight is 282 g/mol. The first-order valence-corrected chi connectivity index (χ1v) is 7.37. The minimum Gasteiger partial charge on any atom is -0.462 e. The maximum absolute atomic E-state index is 12.0. The third-order valence-corrected chi connectivity index (χ3v) is 3.47. The maximum atomic E-state index is 12.0. The Morgan fingerprint density at radius 3 is 2.47 bits per heavy atom. The van der Waals surface area contributed by atoms with E-state index < -0.39 is 0 Å². The van der Waals surface area contributed by atoms with Crippen molar-refractivity contribution in [3.8, 4) is 0 Å². The van der Waals surface area contributed by atoms with Gasteiger partial charge in [-0.3, -0.25) is 10.1 Å². The van der Waals surface area contributed by atoms with Crippen molar-refractivity contribution in [2.45, 2.75) is 46.8 Å². The van der Waals surface area contributed by atoms with Crippen LogP contribution in [0.5, 0.6) is 0 Å². The number of amidine groups is 1. The van der Waals surface area contributed by atoms with Gasteiger partial charge in [-0.2, -0.15) is 0 Å². The van der Waals surface area contributed by atoms with Crippen LogP contribution in [-0.2, 0) is 4.74 Å². The molecule has 0 fully saturated rings. The molecule has 0 aliphatic carbocycles. The second-order valence-electron chi connectivity index (χ2n) is 5.02. The largest absolute Gasteiger partial charge is 0.462 e. The van der Waals surface area contributed by atoms with E-state index in [4.69, 9.17) is 4.74 Å². The van der Waals surface area contributed by atoms with E-state index in [1.54, 1.807) is 6.07 Å². The van der Waals surface area contributed by atoms with Crippen molar-refractivity contribution in [2.24, 2.45) is 10.9 Å². The van der Waals surface area contributed by atoms with Crippen molar-refractivity contribution in [3.63, 3.8) is 0 Å². The van der Waals surface area contributed by atoms with Crippen LogP contribution in [0, 0.1) is 5.92 Å². The second kappa shape index (κ2) is 7.28. The molecule has 0 saturated carbocycles. The first-order chi connectivity index (χ1) is 8.90. The molecule has 0 aliphatic rings. The summed E-state index contributed by atoms with van der Waals surface area (Å²) in [5.41, 5.74) is 0. The zero-order valence-corrected chi connectivity index (χ0v) is 13.0. The number of amides is 1. The highest BCUT2D eigenvalue weighted by molar-refractivity contribution is 7.12. The Bertz CT molecular complexity index is 425. The smallest absolute Gasteiger partial charge is 0.292 e. The molecule has 1 atom stereocenters. The third kappa shape index (κ3) is 5.42. The lowest BCUT2D eigenvalue weighted by atomic mass is 10.1. The minimum atomic E-state index is -0.176. The van der Waals surface area contributed by atoms with Gasteiger partial charge in [0.1, 0.15) is 0 Å². The molecule has 19 heavy (non-hydrogen) atoms. The summed E-state index contributed by atoms with van der Waals surface area (Å²) in [6, 6.07) is 4.02. The van der Waals surface area contributed by atoms with Crippen LogP contribution in [0.4, 0.5) is 0 Å². The van der Waals surface area contributed by atoms with E-state index in [9.17, 15) is 4.79 Å². The molecule has 1 amide bonds. The molecule has 0 bridgehead atoms. The second-order valence-corrected chi connectivity index (χ2v) is 5.96. The van der Waals surface area contributed by atoms with Gasteiger partial charge in [0, 0.05) is 0 Å². The molecule has 5 heteroatoms. The molecule has 1 rings (SSSR count). The monoisotopic (exact) mass is 282 g/mol. The van der Waals surface area contributed by atoms with Crippen LogP contribution in [0.2, 0.25) is 0 Å². The molecule has 1 heterocycles. The third-order valence-electron chi connectivity index (χ3n) is 2.60. The Kier molecular flexibility index (Phi) is 6.02. The average Bonchev–Trinajstić information content (AvgIpc) is 2.80. The summed E-state index contributed by atoms with van der Waals surface area (Å²) in [4.78, 5) is 17.1. The fraction of sp³-hybridized carbons (Fsp3) is 0.571. The number of carbonyl (C=O) groups is 1. The number of hydrogen-bond donors (Lipinski definition) is 1. The summed E-state index contributed by atoms with van der Waals surface area (Å²) in [7, 11) is 0. The van der Waals surface area contributed by atoms with Crippen LogP contribution < -0.4 is 5.32 Å². The van der Waals surface area contributed by atoms with Gasteiger partial charge >= 0.3 is 0 Å². The normalized spacial score (nSPS) is 13.7. The molecular weight excluding hydrogens is 260 g/mol. The van der Waals surface area contributed by atoms with Crippen molar-refractivity contribution in [1.29, 1.82) is 0 Å². The van der Waals surface area contributed by atoms with Crippen LogP contribution in [0.15, 0.2) is 22.5 Å². The predicted octanol–water partition coefficient (Wildman–Crippen LogP) is 3.30. The molecule has 0 spiro atoms. The van der Waals surface area contributed by atoms with Crippen molar-refractivity contribution >= 4 is 23.3 Å². The fourth-order valence-electron chi connectivity index (χ4n) is 1.22. The van der Waals surface area contributed by atoms with E-state index in [-0.39, 0.29) is 18.1 Å². The first-order valence-electron chi connectivity index (χ1n) is 6.49. The lowest BCUT2D eigenvalue weighted by molar-refractivity contribution is 0.0963. The molecule has 1 aromatic rings. The molecule has 0 radical (unpaired) electrons. The standard InChI is InChI=1S/C14H22N2O2S/c1-9(2)11(5)15-14(18-10(3)4)16-13(17)12-7-6-8-19-12/h6-11H,1-5H3,(H,15,16,17)/t11-/m0/s1. The summed E-state index contributed by atoms with van der Waals surface area (Å²) in [5.74, 6) is 0.217. The van der Waals surface area contributed by atoms with Gasteiger partial charge in [0.2, 0.25) is 0 Å². The molecule has 1 aromatic heterocycles. The topological polar surface area (TPSA) is 50.7 Å². The molecule has 106 valence electrons. The minimum absolute atomic E-state index is 0.0262. The van der Waals surface area contributed by atoms with E-state index in [1.807, 2.05) is 32.2 Å². The zero-order chi connectivity index (χ0) is 14.4. The Balaban J connectivity index is 2.77. The number of nitrogens with one attached hydrogen (secondary N) is 1. The van der Waals surface area contributed by atoms with E-state index in [0.29, 0.717) is 16.8 Å². The molecule has 0 aromatic carbocycles. The van der Waals surface area contributed by atoms with E-state index in [2.05, 4.69) is 24.2 Å². The fourth-order valence-corrected chi connectivity index (χ4v) is 1.83. The van der Waals surface area contributed by atoms with Gasteiger partial charge in [-0.1, -0.05) is 19.9 Å². The van der Waals surface area contributed by atoms with Crippen LogP contribution >= 0.6 is 11.3 Å². The zero-order valence-electron chi connectivity index (χ0n) is 12.1. The van der Waals surface area contributed by atoms with Gasteiger partial charge in [0.15, 0.2) is 0 Å². The van der Waals surface area contributed by atoms with Crippen molar-refractivity contribution in [3.05, 3.63) is 22.4 Å². The van der Waals surface area contributed by atoms with E-state index in [1.165, 1.54) is 11.3 Å². The number of thiophene rings is 1. The highest BCUT2D eigenvalue weighted by atomic mass is 32.1. The van der Waals surface area contributed by atoms with E-state index >= 15 is 0 Å². The molecule has 1 N–H and O–H groups in total. The van der Waals surface area contributed by atoms with Gasteiger partial charge in [-0.15, -0.1) is 11.3 Å². The van der Waals surface area contributed by atoms with Crippen LogP contribution in [0.3, 0.4) is 0 Å². The number of hydrogen-bond acceptors (Lipinski definition) is 4. The van der Waals surface area contributed by atoms with Gasteiger partial charge in [-0.25, -0.2) is 4.99 Å². The Hall–Kier alpha value is -1.36. The lowest BCUT2D eigenvalue weighted by Gasteiger charge is -2.17. The maximum Gasteiger partial charge on any atom is 0.292 e. The highest BCUT2D eigenvalue weighted by Crippen LogP contribution is 2.09. The number of nitrogens with zero attached hydrogens (tertiary/aromatic N) is 1. The Labute approximate surface area is 118 Å². The number of carbonyl (C=O) groups excluding carboxylic acids is 1. The van der Waals surface area contributed by atoms with Crippen molar-refractivity contribution in [2.75, 3.05) is 0 Å². The number of ether oxygens (including phenoxy) is 1. The SMILES string of the molecule is CC(C)OC(=N[C@@H](C)C(C)C)NC(=O)c1cccs1. The summed E-state index contributed by atoms with van der Waals surface area (Å²) in [6.07, 6.45) is -0.0262. The van der Waals surface area contributed by atoms with Crippen molar-refractivity contribution in [1.82, 2.24) is 5.32 Å². The highest BCUT2D eigenvalue weighted by Gasteiger charge is 2.14. The Morgan fingerprint density at radius 2 is 2.00 bits per heavy atom. The van der Waals surface area contributed by atoms with Gasteiger partial charge in [0.05, 0.1) is 17.0 Å². The summed E-state index contributed by atoms with van der Waals surface area (Å²) in [6.45, 7) is 10.00. The van der Waals surface area contributed by atoms with Gasteiger partial charge in [-0.05, 0) is 38.1 Å². The van der Waals surface area contributed by atoms with Crippen molar-refractivity contribution < 1.29 is 9.53 Å². The van der Waals surface area contributed by atoms with E-state index in [0.717, 1.165) is 0 Å². The van der Waals surface area contributed by atoms with Crippen LogP contribution in [-0.4, -0.2) is 24.1 Å². The van der Waals surface area contributed by atoms with Gasteiger partial charge in [0.25, 0.3) is 11.9 Å². The predicted molar refractivity (Wildman–Crippen MR) is 79.7 cm³/mol. The molecule has 0 unspecified atom stereocenters. The summed E-state index contributed by atoms with van der Waals surface area (Å²) < 4.78 is 5.56.